The van der Waals surface area contributed by atoms with Crippen LogP contribution in [0.25, 0.3) is 0 Å². The van der Waals surface area contributed by atoms with Gasteiger partial charge < -0.3 is 10.5 Å². The normalized spacial score (nSPS) is 10.2. The fourth-order valence-electron chi connectivity index (χ4n) is 1.80. The van der Waals surface area contributed by atoms with E-state index in [1.165, 1.54) is 11.1 Å². The van der Waals surface area contributed by atoms with Gasteiger partial charge in [0.1, 0.15) is 5.75 Å². The number of hydrogen-bond acceptors (Lipinski definition) is 3. The molecule has 0 bridgehead atoms. The van der Waals surface area contributed by atoms with Crippen molar-refractivity contribution in [2.75, 3.05) is 12.8 Å². The number of anilines is 1. The summed E-state index contributed by atoms with van der Waals surface area (Å²) in [6.07, 6.45) is 4.28. The number of ether oxygens (including phenoxy) is 1. The van der Waals surface area contributed by atoms with Crippen molar-refractivity contribution in [1.82, 2.24) is 4.98 Å². The first-order chi connectivity index (χ1) is 8.20. The maximum absolute atomic E-state index is 5.89. The molecular weight excluding hydrogens is 212 g/mol. The standard InChI is InChI=1S/C14H16N2O/c1-10-7-13(17-2)4-3-11(10)8-12-5-6-16-9-14(12)15/h3-7,9H,8,15H2,1-2H3. The third-order valence-corrected chi connectivity index (χ3v) is 2.88. The molecule has 2 N–H and O–H groups in total. The lowest BCUT2D eigenvalue weighted by Crippen LogP contribution is -1.98. The number of nitrogen functional groups attached to an aromatic ring is 1. The molecule has 2 aromatic rings. The highest BCUT2D eigenvalue weighted by Gasteiger charge is 2.04. The number of nitrogens with zero attached hydrogens (tertiary/aromatic N) is 1. The topological polar surface area (TPSA) is 48.1 Å². The molecule has 1 aromatic carbocycles. The number of benzene rings is 1. The Morgan fingerprint density at radius 3 is 2.71 bits per heavy atom. The number of nitrogens with two attached hydrogens (primary N) is 1. The summed E-state index contributed by atoms with van der Waals surface area (Å²) in [6.45, 7) is 2.08. The molecule has 0 saturated carbocycles. The number of aromatic nitrogens is 1. The van der Waals surface area contributed by atoms with Crippen molar-refractivity contribution in [3.05, 3.63) is 53.3 Å². The molecule has 0 radical (unpaired) electrons. The summed E-state index contributed by atoms with van der Waals surface area (Å²) >= 11 is 0. The minimum absolute atomic E-state index is 0.739. The lowest BCUT2D eigenvalue weighted by molar-refractivity contribution is 0.414. The van der Waals surface area contributed by atoms with Crippen molar-refractivity contribution >= 4 is 5.69 Å². The van der Waals surface area contributed by atoms with Crippen molar-refractivity contribution in [1.29, 1.82) is 0 Å². The van der Waals surface area contributed by atoms with E-state index in [0.717, 1.165) is 23.4 Å². The first-order valence-electron chi connectivity index (χ1n) is 5.52. The summed E-state index contributed by atoms with van der Waals surface area (Å²) in [6, 6.07) is 8.04. The number of pyridine rings is 1. The first kappa shape index (κ1) is 11.5. The van der Waals surface area contributed by atoms with Crippen LogP contribution in [0.4, 0.5) is 5.69 Å². The van der Waals surface area contributed by atoms with Crippen LogP contribution in [0.5, 0.6) is 5.75 Å². The van der Waals surface area contributed by atoms with Crippen LogP contribution in [0.2, 0.25) is 0 Å². The third kappa shape index (κ3) is 2.56. The van der Waals surface area contributed by atoms with Gasteiger partial charge in [-0.2, -0.15) is 0 Å². The number of methoxy groups -OCH3 is 1. The minimum Gasteiger partial charge on any atom is -0.497 e. The van der Waals surface area contributed by atoms with Gasteiger partial charge in [0.25, 0.3) is 0 Å². The molecule has 3 heteroatoms. The van der Waals surface area contributed by atoms with Gasteiger partial charge in [0.05, 0.1) is 19.0 Å². The Balaban J connectivity index is 2.28. The molecule has 0 spiro atoms. The van der Waals surface area contributed by atoms with Gasteiger partial charge in [-0.25, -0.2) is 0 Å². The SMILES string of the molecule is COc1ccc(Cc2ccncc2N)c(C)c1. The second-order valence-electron chi connectivity index (χ2n) is 4.04. The monoisotopic (exact) mass is 228 g/mol. The van der Waals surface area contributed by atoms with Gasteiger partial charge in [0.2, 0.25) is 0 Å². The van der Waals surface area contributed by atoms with Crippen LogP contribution < -0.4 is 10.5 Å². The molecule has 0 amide bonds. The Morgan fingerprint density at radius 2 is 2.06 bits per heavy atom. The number of hydrogen-bond donors (Lipinski definition) is 1. The maximum Gasteiger partial charge on any atom is 0.119 e. The molecule has 1 heterocycles. The van der Waals surface area contributed by atoms with Crippen LogP contribution in [0.15, 0.2) is 36.7 Å². The van der Waals surface area contributed by atoms with Crippen molar-refractivity contribution in [3.63, 3.8) is 0 Å². The minimum atomic E-state index is 0.739. The molecule has 88 valence electrons. The molecule has 0 unspecified atom stereocenters. The summed E-state index contributed by atoms with van der Waals surface area (Å²) in [7, 11) is 1.68. The average Bonchev–Trinajstić information content (AvgIpc) is 2.34. The summed E-state index contributed by atoms with van der Waals surface area (Å²) in [5, 5.41) is 0. The second kappa shape index (κ2) is 4.87. The van der Waals surface area contributed by atoms with Gasteiger partial charge in [-0.05, 0) is 48.2 Å². The smallest absolute Gasteiger partial charge is 0.119 e. The number of rotatable bonds is 3. The third-order valence-electron chi connectivity index (χ3n) is 2.88. The van der Waals surface area contributed by atoms with E-state index in [9.17, 15) is 0 Å². The lowest BCUT2D eigenvalue weighted by atomic mass is 10.0. The maximum atomic E-state index is 5.89. The summed E-state index contributed by atoms with van der Waals surface area (Å²) in [5.74, 6) is 0.883. The van der Waals surface area contributed by atoms with Crippen molar-refractivity contribution in [2.45, 2.75) is 13.3 Å². The molecule has 0 fully saturated rings. The molecule has 0 aliphatic rings. The predicted octanol–water partition coefficient (Wildman–Crippen LogP) is 2.57. The van der Waals surface area contributed by atoms with Crippen LogP contribution >= 0.6 is 0 Å². The van der Waals surface area contributed by atoms with Gasteiger partial charge in [-0.15, -0.1) is 0 Å². The molecule has 0 atom stereocenters. The van der Waals surface area contributed by atoms with Crippen molar-refractivity contribution < 1.29 is 4.74 Å². The summed E-state index contributed by atoms with van der Waals surface area (Å²) < 4.78 is 5.19. The van der Waals surface area contributed by atoms with E-state index in [1.807, 2.05) is 18.2 Å². The van der Waals surface area contributed by atoms with E-state index in [1.54, 1.807) is 19.5 Å². The van der Waals surface area contributed by atoms with E-state index >= 15 is 0 Å². The Hall–Kier alpha value is -2.03. The molecule has 17 heavy (non-hydrogen) atoms. The zero-order valence-electron chi connectivity index (χ0n) is 10.1. The second-order valence-corrected chi connectivity index (χ2v) is 4.04. The molecular formula is C14H16N2O. The average molecular weight is 228 g/mol. The van der Waals surface area contributed by atoms with Gasteiger partial charge in [0.15, 0.2) is 0 Å². The predicted molar refractivity (Wildman–Crippen MR) is 69.2 cm³/mol. The van der Waals surface area contributed by atoms with Gasteiger partial charge in [0, 0.05) is 6.20 Å². The molecule has 0 aliphatic carbocycles. The zero-order chi connectivity index (χ0) is 12.3. The molecule has 1 aromatic heterocycles. The highest BCUT2D eigenvalue weighted by molar-refractivity contribution is 5.48. The Morgan fingerprint density at radius 1 is 1.24 bits per heavy atom. The Bertz CT molecular complexity index is 523. The summed E-state index contributed by atoms with van der Waals surface area (Å²) in [5.41, 5.74) is 10.2. The summed E-state index contributed by atoms with van der Waals surface area (Å²) in [4.78, 5) is 3.99. The fraction of sp³-hybridized carbons (Fsp3) is 0.214. The van der Waals surface area contributed by atoms with Crippen molar-refractivity contribution in [3.8, 4) is 5.75 Å². The van der Waals surface area contributed by atoms with Gasteiger partial charge in [-0.3, -0.25) is 4.98 Å². The largest absolute Gasteiger partial charge is 0.497 e. The Kier molecular flexibility index (Phi) is 3.28. The van der Waals surface area contributed by atoms with E-state index < -0.39 is 0 Å². The molecule has 2 rings (SSSR count). The van der Waals surface area contributed by atoms with E-state index in [2.05, 4.69) is 18.0 Å². The molecule has 0 aliphatic heterocycles. The lowest BCUT2D eigenvalue weighted by Gasteiger charge is -2.09. The van der Waals surface area contributed by atoms with E-state index in [-0.39, 0.29) is 0 Å². The van der Waals surface area contributed by atoms with Gasteiger partial charge in [-0.1, -0.05) is 6.07 Å². The number of aryl methyl sites for hydroxylation is 1. The van der Waals surface area contributed by atoms with Crippen molar-refractivity contribution in [2.24, 2.45) is 0 Å². The van der Waals surface area contributed by atoms with Crippen LogP contribution in [0.1, 0.15) is 16.7 Å². The molecule has 3 nitrogen and oxygen atoms in total. The highest BCUT2D eigenvalue weighted by Crippen LogP contribution is 2.21. The van der Waals surface area contributed by atoms with E-state index in [0.29, 0.717) is 0 Å². The van der Waals surface area contributed by atoms with Crippen LogP contribution in [-0.4, -0.2) is 12.1 Å². The van der Waals surface area contributed by atoms with Gasteiger partial charge >= 0.3 is 0 Å². The van der Waals surface area contributed by atoms with Crippen LogP contribution in [-0.2, 0) is 6.42 Å². The quantitative estimate of drug-likeness (QED) is 0.878. The van der Waals surface area contributed by atoms with E-state index in [4.69, 9.17) is 10.5 Å². The highest BCUT2D eigenvalue weighted by atomic mass is 16.5. The van der Waals surface area contributed by atoms with Crippen LogP contribution in [0, 0.1) is 6.92 Å². The van der Waals surface area contributed by atoms with Crippen LogP contribution in [0.3, 0.4) is 0 Å². The molecule has 0 saturated heterocycles. The Labute approximate surface area is 101 Å². The zero-order valence-corrected chi connectivity index (χ0v) is 10.1. The fourth-order valence-corrected chi connectivity index (χ4v) is 1.80. The first-order valence-corrected chi connectivity index (χ1v) is 5.52.